The summed E-state index contributed by atoms with van der Waals surface area (Å²) in [5, 5.41) is 0. The summed E-state index contributed by atoms with van der Waals surface area (Å²) in [4.78, 5) is 23.0. The fourth-order valence-electron chi connectivity index (χ4n) is 1.65. The molecule has 0 aromatic heterocycles. The van der Waals surface area contributed by atoms with Crippen LogP contribution >= 0.6 is 31.9 Å². The fourth-order valence-corrected chi connectivity index (χ4v) is 2.82. The van der Waals surface area contributed by atoms with Crippen LogP contribution in [0.2, 0.25) is 0 Å². The maximum Gasteiger partial charge on any atom is 0.417 e. The van der Waals surface area contributed by atoms with E-state index in [-0.39, 0.29) is 21.9 Å². The second kappa shape index (κ2) is 5.04. The first-order chi connectivity index (χ1) is 7.58. The molecule has 0 heterocycles. The molecule has 4 unspecified atom stereocenters. The molecule has 2 fully saturated rings. The van der Waals surface area contributed by atoms with Gasteiger partial charge in [-0.3, -0.25) is 0 Å². The number of rotatable bonds is 2. The normalized spacial score (nSPS) is 36.9. The molecule has 16 heavy (non-hydrogen) atoms. The van der Waals surface area contributed by atoms with Crippen LogP contribution in [0.3, 0.4) is 0 Å². The number of hydrogen-bond acceptors (Lipinski definition) is 4. The van der Waals surface area contributed by atoms with E-state index in [4.69, 9.17) is 9.47 Å². The molecule has 0 N–H and O–H groups in total. The van der Waals surface area contributed by atoms with Crippen molar-refractivity contribution in [2.24, 2.45) is 0 Å². The Balaban J connectivity index is 1.76. The average molecular weight is 356 g/mol. The van der Waals surface area contributed by atoms with Gasteiger partial charge in [-0.05, 0) is 19.3 Å². The summed E-state index contributed by atoms with van der Waals surface area (Å²) in [5.41, 5.74) is 0. The monoisotopic (exact) mass is 354 g/mol. The molecule has 6 heteroatoms. The number of halogens is 2. The number of ether oxygens (including phenoxy) is 2. The quantitative estimate of drug-likeness (QED) is 0.431. The van der Waals surface area contributed by atoms with Gasteiger partial charge in [-0.1, -0.05) is 31.9 Å². The average Bonchev–Trinajstić information content (AvgIpc) is 2.76. The SMILES string of the molecule is O=C(OC1CCCC1Br)C(=O)OC1CC1Br. The van der Waals surface area contributed by atoms with Crippen LogP contribution in [-0.2, 0) is 19.1 Å². The van der Waals surface area contributed by atoms with E-state index in [0.717, 1.165) is 25.7 Å². The highest BCUT2D eigenvalue weighted by atomic mass is 79.9. The smallest absolute Gasteiger partial charge is 0.417 e. The van der Waals surface area contributed by atoms with E-state index in [1.165, 1.54) is 0 Å². The van der Waals surface area contributed by atoms with Crippen molar-refractivity contribution in [3.63, 3.8) is 0 Å². The highest BCUT2D eigenvalue weighted by molar-refractivity contribution is 9.09. The summed E-state index contributed by atoms with van der Waals surface area (Å²) >= 11 is 6.71. The van der Waals surface area contributed by atoms with Gasteiger partial charge >= 0.3 is 11.9 Å². The summed E-state index contributed by atoms with van der Waals surface area (Å²) in [7, 11) is 0. The van der Waals surface area contributed by atoms with Gasteiger partial charge in [-0.25, -0.2) is 9.59 Å². The van der Waals surface area contributed by atoms with Gasteiger partial charge in [-0.15, -0.1) is 0 Å². The third-order valence-electron chi connectivity index (χ3n) is 2.71. The molecule has 0 aromatic rings. The topological polar surface area (TPSA) is 52.6 Å². The molecule has 0 saturated heterocycles. The van der Waals surface area contributed by atoms with Crippen molar-refractivity contribution in [3.8, 4) is 0 Å². The van der Waals surface area contributed by atoms with Crippen LogP contribution in [0.15, 0.2) is 0 Å². The lowest BCUT2D eigenvalue weighted by atomic mass is 10.3. The Kier molecular flexibility index (Phi) is 3.89. The highest BCUT2D eigenvalue weighted by Crippen LogP contribution is 2.33. The number of carbonyl (C=O) groups excluding carboxylic acids is 2. The minimum absolute atomic E-state index is 0.161. The summed E-state index contributed by atoms with van der Waals surface area (Å²) in [6.07, 6.45) is 3.19. The van der Waals surface area contributed by atoms with E-state index in [1.54, 1.807) is 0 Å². The van der Waals surface area contributed by atoms with Gasteiger partial charge in [0.2, 0.25) is 0 Å². The predicted octanol–water partition coefficient (Wildman–Crippen LogP) is 1.92. The summed E-state index contributed by atoms with van der Waals surface area (Å²) in [6, 6.07) is 0. The molecule has 2 aliphatic rings. The summed E-state index contributed by atoms with van der Waals surface area (Å²) in [6.45, 7) is 0. The molecule has 0 bridgehead atoms. The van der Waals surface area contributed by atoms with E-state index in [2.05, 4.69) is 31.9 Å². The molecule has 2 aliphatic carbocycles. The van der Waals surface area contributed by atoms with Crippen LogP contribution in [0, 0.1) is 0 Å². The molecule has 0 aromatic carbocycles. The first-order valence-corrected chi connectivity index (χ1v) is 7.11. The molecule has 0 aliphatic heterocycles. The van der Waals surface area contributed by atoms with Crippen molar-refractivity contribution >= 4 is 43.8 Å². The van der Waals surface area contributed by atoms with Crippen LogP contribution in [-0.4, -0.2) is 33.8 Å². The third kappa shape index (κ3) is 2.97. The molecule has 0 spiro atoms. The van der Waals surface area contributed by atoms with Gasteiger partial charge in [0.15, 0.2) is 0 Å². The second-order valence-corrected chi connectivity index (χ2v) is 6.44. The number of carbonyl (C=O) groups is 2. The van der Waals surface area contributed by atoms with Crippen molar-refractivity contribution in [1.29, 1.82) is 0 Å². The Morgan fingerprint density at radius 1 is 0.938 bits per heavy atom. The maximum atomic E-state index is 11.4. The zero-order valence-corrected chi connectivity index (χ0v) is 11.7. The van der Waals surface area contributed by atoms with Crippen LogP contribution in [0.4, 0.5) is 0 Å². The zero-order chi connectivity index (χ0) is 11.7. The first-order valence-electron chi connectivity index (χ1n) is 5.27. The second-order valence-electron chi connectivity index (χ2n) is 4.09. The van der Waals surface area contributed by atoms with Crippen molar-refractivity contribution in [3.05, 3.63) is 0 Å². The van der Waals surface area contributed by atoms with Gasteiger partial charge < -0.3 is 9.47 Å². The lowest BCUT2D eigenvalue weighted by Crippen LogP contribution is -2.29. The number of hydrogen-bond donors (Lipinski definition) is 0. The molecular weight excluding hydrogens is 344 g/mol. The molecular formula is C10H12Br2O4. The van der Waals surface area contributed by atoms with Gasteiger partial charge in [0.1, 0.15) is 12.2 Å². The lowest BCUT2D eigenvalue weighted by Gasteiger charge is -2.14. The Morgan fingerprint density at radius 3 is 1.94 bits per heavy atom. The molecule has 90 valence electrons. The maximum absolute atomic E-state index is 11.4. The van der Waals surface area contributed by atoms with E-state index in [0.29, 0.717) is 0 Å². The standard InChI is InChI=1S/C10H12Br2O4/c11-5-2-1-3-7(5)15-9(13)10(14)16-8-4-6(8)12/h5-8H,1-4H2. The Labute approximate surface area is 110 Å². The zero-order valence-electron chi connectivity index (χ0n) is 8.53. The Morgan fingerprint density at radius 2 is 1.50 bits per heavy atom. The largest absolute Gasteiger partial charge is 0.453 e. The predicted molar refractivity (Wildman–Crippen MR) is 63.7 cm³/mol. The van der Waals surface area contributed by atoms with Crippen LogP contribution < -0.4 is 0 Å². The molecule has 0 radical (unpaired) electrons. The third-order valence-corrected chi connectivity index (χ3v) is 4.72. The van der Waals surface area contributed by atoms with Gasteiger partial charge in [0, 0.05) is 6.42 Å². The highest BCUT2D eigenvalue weighted by Gasteiger charge is 2.41. The van der Waals surface area contributed by atoms with Gasteiger partial charge in [0.25, 0.3) is 0 Å². The Bertz CT molecular complexity index is 307. The van der Waals surface area contributed by atoms with Gasteiger partial charge in [-0.2, -0.15) is 0 Å². The van der Waals surface area contributed by atoms with Crippen LogP contribution in [0.25, 0.3) is 0 Å². The number of alkyl halides is 2. The van der Waals surface area contributed by atoms with Crippen molar-refractivity contribution in [2.75, 3.05) is 0 Å². The summed E-state index contributed by atoms with van der Waals surface area (Å²) < 4.78 is 9.98. The van der Waals surface area contributed by atoms with E-state index in [9.17, 15) is 9.59 Å². The van der Waals surface area contributed by atoms with Crippen molar-refractivity contribution < 1.29 is 19.1 Å². The van der Waals surface area contributed by atoms with Crippen molar-refractivity contribution in [1.82, 2.24) is 0 Å². The fraction of sp³-hybridized carbons (Fsp3) is 0.800. The molecule has 2 saturated carbocycles. The molecule has 4 atom stereocenters. The van der Waals surface area contributed by atoms with Crippen LogP contribution in [0.5, 0.6) is 0 Å². The molecule has 4 nitrogen and oxygen atoms in total. The van der Waals surface area contributed by atoms with E-state index < -0.39 is 11.9 Å². The Hall–Kier alpha value is -0.100. The first kappa shape index (κ1) is 12.4. The van der Waals surface area contributed by atoms with E-state index in [1.807, 2.05) is 0 Å². The van der Waals surface area contributed by atoms with E-state index >= 15 is 0 Å². The lowest BCUT2D eigenvalue weighted by molar-refractivity contribution is -0.171. The van der Waals surface area contributed by atoms with Crippen LogP contribution in [0.1, 0.15) is 25.7 Å². The van der Waals surface area contributed by atoms with Gasteiger partial charge in [0.05, 0.1) is 9.65 Å². The van der Waals surface area contributed by atoms with Crippen molar-refractivity contribution in [2.45, 2.75) is 47.5 Å². The molecule has 0 amide bonds. The minimum Gasteiger partial charge on any atom is -0.453 e. The molecule has 2 rings (SSSR count). The number of esters is 2. The minimum atomic E-state index is -0.876. The summed E-state index contributed by atoms with van der Waals surface area (Å²) in [5.74, 6) is -1.75.